The zero-order valence-corrected chi connectivity index (χ0v) is 16.5. The molecule has 0 bridgehead atoms. The van der Waals surface area contributed by atoms with Gasteiger partial charge >= 0.3 is 5.97 Å². The van der Waals surface area contributed by atoms with Crippen LogP contribution in [0.15, 0.2) is 48.5 Å². The van der Waals surface area contributed by atoms with Crippen molar-refractivity contribution >= 4 is 52.6 Å². The SMILES string of the molecule is O=C(COC(=O)CCC(=O)Nc1cccc(Cl)c1Cl)NNC(=O)c1ccccc1. The summed E-state index contributed by atoms with van der Waals surface area (Å²) in [6, 6.07) is 13.0. The van der Waals surface area contributed by atoms with E-state index in [1.807, 2.05) is 0 Å². The molecule has 0 aromatic heterocycles. The first-order chi connectivity index (χ1) is 13.9. The van der Waals surface area contributed by atoms with Crippen LogP contribution in [0.25, 0.3) is 0 Å². The van der Waals surface area contributed by atoms with E-state index in [-0.39, 0.29) is 22.9 Å². The maximum Gasteiger partial charge on any atom is 0.306 e. The number of carbonyl (C=O) groups is 4. The first kappa shape index (κ1) is 22.2. The Kier molecular flexibility index (Phi) is 8.45. The number of amides is 3. The molecule has 152 valence electrons. The molecule has 0 aliphatic carbocycles. The predicted octanol–water partition coefficient (Wildman–Crippen LogP) is 2.72. The molecule has 0 heterocycles. The number of halogens is 2. The van der Waals surface area contributed by atoms with E-state index < -0.39 is 30.3 Å². The average molecular weight is 438 g/mol. The van der Waals surface area contributed by atoms with E-state index in [0.29, 0.717) is 11.3 Å². The van der Waals surface area contributed by atoms with Gasteiger partial charge < -0.3 is 10.1 Å². The number of anilines is 1. The van der Waals surface area contributed by atoms with Crippen LogP contribution in [-0.2, 0) is 19.1 Å². The predicted molar refractivity (Wildman–Crippen MR) is 107 cm³/mol. The van der Waals surface area contributed by atoms with Crippen LogP contribution in [0.3, 0.4) is 0 Å². The highest BCUT2D eigenvalue weighted by Gasteiger charge is 2.13. The lowest BCUT2D eigenvalue weighted by atomic mass is 10.2. The quantitative estimate of drug-likeness (QED) is 0.455. The van der Waals surface area contributed by atoms with Crippen LogP contribution in [0.1, 0.15) is 23.2 Å². The highest BCUT2D eigenvalue weighted by atomic mass is 35.5. The Balaban J connectivity index is 1.66. The molecule has 0 spiro atoms. The van der Waals surface area contributed by atoms with Gasteiger partial charge in [0.15, 0.2) is 6.61 Å². The fourth-order valence-corrected chi connectivity index (χ4v) is 2.42. The minimum absolute atomic E-state index is 0.173. The number of ether oxygens (including phenoxy) is 1. The number of carbonyl (C=O) groups excluding carboxylic acids is 4. The van der Waals surface area contributed by atoms with Gasteiger partial charge in [-0.1, -0.05) is 47.5 Å². The second-order valence-corrected chi connectivity index (χ2v) is 6.46. The second-order valence-electron chi connectivity index (χ2n) is 5.68. The standard InChI is InChI=1S/C19H17Cl2N3O5/c20-13-7-4-8-14(18(13)21)22-15(25)9-10-17(27)29-11-16(26)23-24-19(28)12-5-2-1-3-6-12/h1-8H,9-11H2,(H,22,25)(H,23,26)(H,24,28). The van der Waals surface area contributed by atoms with Crippen LogP contribution in [0.4, 0.5) is 5.69 Å². The van der Waals surface area contributed by atoms with Crippen LogP contribution in [0.5, 0.6) is 0 Å². The summed E-state index contributed by atoms with van der Waals surface area (Å²) < 4.78 is 4.76. The molecule has 8 nitrogen and oxygen atoms in total. The second kappa shape index (κ2) is 11.0. The fourth-order valence-electron chi connectivity index (χ4n) is 2.07. The smallest absolute Gasteiger partial charge is 0.306 e. The fraction of sp³-hybridized carbons (Fsp3) is 0.158. The topological polar surface area (TPSA) is 114 Å². The molecule has 0 aliphatic rings. The third-order valence-electron chi connectivity index (χ3n) is 3.50. The Labute approximate surface area is 176 Å². The van der Waals surface area contributed by atoms with Crippen molar-refractivity contribution < 1.29 is 23.9 Å². The number of esters is 1. The van der Waals surface area contributed by atoms with E-state index >= 15 is 0 Å². The van der Waals surface area contributed by atoms with E-state index in [1.165, 1.54) is 0 Å². The van der Waals surface area contributed by atoms with Gasteiger partial charge in [0.1, 0.15) is 0 Å². The molecule has 0 fully saturated rings. The Hall–Kier alpha value is -3.10. The molecular formula is C19H17Cl2N3O5. The molecule has 2 aromatic carbocycles. The van der Waals surface area contributed by atoms with Gasteiger partial charge in [0.05, 0.1) is 22.2 Å². The lowest BCUT2D eigenvalue weighted by molar-refractivity contribution is -0.149. The van der Waals surface area contributed by atoms with Crippen LogP contribution < -0.4 is 16.2 Å². The van der Waals surface area contributed by atoms with Gasteiger partial charge in [-0.25, -0.2) is 0 Å². The van der Waals surface area contributed by atoms with Crippen molar-refractivity contribution in [1.29, 1.82) is 0 Å². The van der Waals surface area contributed by atoms with E-state index in [2.05, 4.69) is 16.2 Å². The Bertz CT molecular complexity index is 906. The van der Waals surface area contributed by atoms with Crippen LogP contribution in [0.2, 0.25) is 10.0 Å². The molecule has 0 saturated heterocycles. The monoisotopic (exact) mass is 437 g/mol. The molecule has 0 aliphatic heterocycles. The maximum atomic E-state index is 11.9. The zero-order valence-electron chi connectivity index (χ0n) is 15.0. The highest BCUT2D eigenvalue weighted by Crippen LogP contribution is 2.29. The van der Waals surface area contributed by atoms with Gasteiger partial charge in [0, 0.05) is 12.0 Å². The molecule has 0 radical (unpaired) electrons. The molecule has 0 atom stereocenters. The largest absolute Gasteiger partial charge is 0.455 e. The number of rotatable bonds is 7. The van der Waals surface area contributed by atoms with Gasteiger partial charge in [0.2, 0.25) is 5.91 Å². The van der Waals surface area contributed by atoms with Crippen LogP contribution in [-0.4, -0.2) is 30.3 Å². The lowest BCUT2D eigenvalue weighted by Crippen LogP contribution is -2.43. The summed E-state index contributed by atoms with van der Waals surface area (Å²) in [6.07, 6.45) is -0.415. The van der Waals surface area contributed by atoms with Gasteiger partial charge in [-0.05, 0) is 24.3 Å². The molecule has 3 amide bonds. The number of hydrogen-bond acceptors (Lipinski definition) is 5. The van der Waals surface area contributed by atoms with Crippen molar-refractivity contribution in [3.63, 3.8) is 0 Å². The summed E-state index contributed by atoms with van der Waals surface area (Å²) in [4.78, 5) is 46.9. The minimum atomic E-state index is -0.748. The van der Waals surface area contributed by atoms with E-state index in [9.17, 15) is 19.2 Å². The van der Waals surface area contributed by atoms with E-state index in [1.54, 1.807) is 48.5 Å². The van der Waals surface area contributed by atoms with Crippen molar-refractivity contribution in [3.8, 4) is 0 Å². The van der Waals surface area contributed by atoms with Crippen molar-refractivity contribution in [1.82, 2.24) is 10.9 Å². The molecule has 3 N–H and O–H groups in total. The maximum absolute atomic E-state index is 11.9. The molecule has 2 aromatic rings. The number of hydrazine groups is 1. The third kappa shape index (κ3) is 7.44. The number of hydrogen-bond donors (Lipinski definition) is 3. The first-order valence-corrected chi connectivity index (χ1v) is 9.16. The molecule has 0 saturated carbocycles. The first-order valence-electron chi connectivity index (χ1n) is 8.40. The van der Waals surface area contributed by atoms with Crippen molar-refractivity contribution in [2.24, 2.45) is 0 Å². The summed E-state index contributed by atoms with van der Waals surface area (Å²) in [5, 5.41) is 3.01. The normalized spacial score (nSPS) is 10.0. The average Bonchev–Trinajstić information content (AvgIpc) is 2.73. The van der Waals surface area contributed by atoms with Gasteiger partial charge in [0.25, 0.3) is 11.8 Å². The summed E-state index contributed by atoms with van der Waals surface area (Å²) >= 11 is 11.8. The lowest BCUT2D eigenvalue weighted by Gasteiger charge is -2.09. The molecule has 29 heavy (non-hydrogen) atoms. The third-order valence-corrected chi connectivity index (χ3v) is 4.32. The molecule has 2 rings (SSSR count). The van der Waals surface area contributed by atoms with Gasteiger partial charge in [-0.15, -0.1) is 0 Å². The van der Waals surface area contributed by atoms with E-state index in [0.717, 1.165) is 0 Å². The van der Waals surface area contributed by atoms with Crippen molar-refractivity contribution in [3.05, 3.63) is 64.1 Å². The summed E-state index contributed by atoms with van der Waals surface area (Å²) in [7, 11) is 0. The van der Waals surface area contributed by atoms with E-state index in [4.69, 9.17) is 27.9 Å². The number of benzene rings is 2. The zero-order chi connectivity index (χ0) is 21.2. The molecule has 10 heteroatoms. The summed E-state index contributed by atoms with van der Waals surface area (Å²) in [5.74, 6) is -2.45. The van der Waals surface area contributed by atoms with Crippen LogP contribution >= 0.6 is 23.2 Å². The minimum Gasteiger partial charge on any atom is -0.455 e. The van der Waals surface area contributed by atoms with Crippen LogP contribution in [0, 0.1) is 0 Å². The van der Waals surface area contributed by atoms with Crippen molar-refractivity contribution in [2.75, 3.05) is 11.9 Å². The van der Waals surface area contributed by atoms with Gasteiger partial charge in [-0.3, -0.25) is 30.0 Å². The number of nitrogens with one attached hydrogen (secondary N) is 3. The van der Waals surface area contributed by atoms with Crippen molar-refractivity contribution in [2.45, 2.75) is 12.8 Å². The Morgan fingerprint density at radius 1 is 0.828 bits per heavy atom. The van der Waals surface area contributed by atoms with Gasteiger partial charge in [-0.2, -0.15) is 0 Å². The Morgan fingerprint density at radius 2 is 1.55 bits per heavy atom. The molecule has 0 unspecified atom stereocenters. The summed E-state index contributed by atoms with van der Waals surface area (Å²) in [6.45, 7) is -0.602. The summed E-state index contributed by atoms with van der Waals surface area (Å²) in [5.41, 5.74) is 5.00. The Morgan fingerprint density at radius 3 is 2.28 bits per heavy atom. The highest BCUT2D eigenvalue weighted by molar-refractivity contribution is 6.44. The molecular weight excluding hydrogens is 421 g/mol.